The molecule has 13 heteroatoms. The van der Waals surface area contributed by atoms with Crippen molar-refractivity contribution in [2.75, 3.05) is 0 Å². The minimum atomic E-state index is -0.764. The number of oxime groups is 1. The Balaban J connectivity index is 0.000000239. The largest absolute Gasteiger partial charge is 0.492 e. The van der Waals surface area contributed by atoms with Crippen molar-refractivity contribution in [2.24, 2.45) is 11.1 Å². The number of aromatic hydroxyl groups is 2. The second kappa shape index (κ2) is 14.6. The van der Waals surface area contributed by atoms with Crippen molar-refractivity contribution >= 4 is 11.5 Å². The Morgan fingerprint density at radius 2 is 1.17 bits per heavy atom. The van der Waals surface area contributed by atoms with E-state index in [4.69, 9.17) is 15.9 Å². The summed E-state index contributed by atoms with van der Waals surface area (Å²) in [5, 5.41) is 41.3. The SMILES string of the molecule is CC(=NOc1ccccc1)c1c(C)cc(=O)n(O)c1O.CC(=O)c1c(C)cc(=O)n(O)c1O.NOc1ccccc1. The van der Waals surface area contributed by atoms with Crippen LogP contribution < -0.4 is 26.7 Å². The third-order valence-corrected chi connectivity index (χ3v) is 5.36. The Morgan fingerprint density at radius 3 is 1.59 bits per heavy atom. The highest BCUT2D eigenvalue weighted by Crippen LogP contribution is 2.20. The Morgan fingerprint density at radius 1 is 0.756 bits per heavy atom. The normalized spacial score (nSPS) is 10.4. The molecule has 41 heavy (non-hydrogen) atoms. The highest BCUT2D eigenvalue weighted by Gasteiger charge is 2.16. The summed E-state index contributed by atoms with van der Waals surface area (Å²) in [7, 11) is 0. The molecule has 2 heterocycles. The van der Waals surface area contributed by atoms with Crippen molar-refractivity contribution in [3.8, 4) is 23.3 Å². The van der Waals surface area contributed by atoms with Crippen LogP contribution in [0.5, 0.6) is 23.3 Å². The lowest BCUT2D eigenvalue weighted by Gasteiger charge is -2.09. The van der Waals surface area contributed by atoms with Gasteiger partial charge in [-0.3, -0.25) is 14.4 Å². The zero-order valence-electron chi connectivity index (χ0n) is 22.7. The van der Waals surface area contributed by atoms with E-state index in [0.29, 0.717) is 28.3 Å². The number of aryl methyl sites for hydroxylation is 2. The Labute approximate surface area is 234 Å². The van der Waals surface area contributed by atoms with Gasteiger partial charge in [-0.05, 0) is 63.1 Å². The lowest BCUT2D eigenvalue weighted by atomic mass is 10.1. The summed E-state index contributed by atoms with van der Waals surface area (Å²) in [5.74, 6) is 4.40. The molecule has 0 spiro atoms. The van der Waals surface area contributed by atoms with Gasteiger partial charge < -0.3 is 30.3 Å². The second-order valence-corrected chi connectivity index (χ2v) is 8.42. The summed E-state index contributed by atoms with van der Waals surface area (Å²) in [5.41, 5.74) is -0.0756. The summed E-state index contributed by atoms with van der Waals surface area (Å²) < 4.78 is 0.216. The van der Waals surface area contributed by atoms with Gasteiger partial charge in [0, 0.05) is 12.1 Å². The average Bonchev–Trinajstić information content (AvgIpc) is 2.95. The van der Waals surface area contributed by atoms with Crippen LogP contribution in [-0.4, -0.2) is 41.6 Å². The summed E-state index contributed by atoms with van der Waals surface area (Å²) in [6, 6.07) is 20.4. The molecular formula is C28H30N4O9. The van der Waals surface area contributed by atoms with Crippen molar-refractivity contribution in [1.82, 2.24) is 9.46 Å². The standard InChI is InChI=1S/C14H14N2O4.C8H9NO4.C6H7NO/c1-9-8-12(17)16(19)14(18)13(9)10(2)15-20-11-6-4-3-5-7-11;1-4-3-6(11)9(13)8(12)7(4)5(2)10;7-8-6-4-2-1-3-5-6/h3-8,18-19H,1-2H3;3,12-13H,1-2H3;1-5H,7H2. The number of hydrogen-bond acceptors (Lipinski definition) is 11. The van der Waals surface area contributed by atoms with Gasteiger partial charge in [-0.2, -0.15) is 5.90 Å². The lowest BCUT2D eigenvalue weighted by molar-refractivity contribution is 0.0991. The molecule has 216 valence electrons. The number of carbonyl (C=O) groups is 1. The van der Waals surface area contributed by atoms with E-state index >= 15 is 0 Å². The van der Waals surface area contributed by atoms with Crippen LogP contribution >= 0.6 is 0 Å². The van der Waals surface area contributed by atoms with Crippen molar-refractivity contribution in [1.29, 1.82) is 0 Å². The van der Waals surface area contributed by atoms with E-state index in [1.807, 2.05) is 24.3 Å². The van der Waals surface area contributed by atoms with Gasteiger partial charge in [0.25, 0.3) is 11.1 Å². The highest BCUT2D eigenvalue weighted by molar-refractivity contribution is 6.01. The number of para-hydroxylation sites is 2. The molecule has 0 fully saturated rings. The first kappa shape index (κ1) is 31.7. The fourth-order valence-electron chi connectivity index (χ4n) is 3.44. The van der Waals surface area contributed by atoms with Crippen LogP contribution in [0.2, 0.25) is 0 Å². The van der Waals surface area contributed by atoms with Crippen LogP contribution in [-0.2, 0) is 0 Å². The van der Waals surface area contributed by atoms with Crippen LogP contribution in [0.1, 0.15) is 40.9 Å². The minimum absolute atomic E-state index is 0.0397. The number of rotatable bonds is 5. The molecule has 0 saturated carbocycles. The van der Waals surface area contributed by atoms with E-state index in [1.165, 1.54) is 19.9 Å². The number of nitrogens with zero attached hydrogens (tertiary/aromatic N) is 3. The predicted molar refractivity (Wildman–Crippen MR) is 149 cm³/mol. The highest BCUT2D eigenvalue weighted by atomic mass is 16.6. The van der Waals surface area contributed by atoms with Crippen molar-refractivity contribution in [3.05, 3.63) is 116 Å². The molecule has 0 radical (unpaired) electrons. The molecule has 0 aliphatic carbocycles. The number of benzene rings is 2. The van der Waals surface area contributed by atoms with Gasteiger partial charge in [0.2, 0.25) is 11.8 Å². The molecule has 2 aromatic heterocycles. The quantitative estimate of drug-likeness (QED) is 0.103. The number of pyridine rings is 2. The first-order valence-corrected chi connectivity index (χ1v) is 11.9. The third-order valence-electron chi connectivity index (χ3n) is 5.36. The van der Waals surface area contributed by atoms with Crippen LogP contribution in [0.3, 0.4) is 0 Å². The van der Waals surface area contributed by atoms with Crippen molar-refractivity contribution in [3.63, 3.8) is 0 Å². The lowest BCUT2D eigenvalue weighted by Crippen LogP contribution is -2.20. The first-order valence-electron chi connectivity index (χ1n) is 11.9. The Bertz CT molecular complexity index is 1630. The second-order valence-electron chi connectivity index (χ2n) is 8.42. The van der Waals surface area contributed by atoms with E-state index in [2.05, 4.69) is 9.99 Å². The van der Waals surface area contributed by atoms with Crippen LogP contribution in [0.4, 0.5) is 0 Å². The van der Waals surface area contributed by atoms with Gasteiger partial charge in [0.05, 0.1) is 16.8 Å². The molecule has 4 rings (SSSR count). The zero-order valence-corrected chi connectivity index (χ0v) is 22.7. The van der Waals surface area contributed by atoms with Crippen LogP contribution in [0, 0.1) is 13.8 Å². The maximum Gasteiger partial charge on any atom is 0.286 e. The van der Waals surface area contributed by atoms with Gasteiger partial charge in [0.15, 0.2) is 11.5 Å². The van der Waals surface area contributed by atoms with Gasteiger partial charge in [-0.1, -0.05) is 41.6 Å². The summed E-state index contributed by atoms with van der Waals surface area (Å²) >= 11 is 0. The molecule has 0 amide bonds. The van der Waals surface area contributed by atoms with Gasteiger partial charge in [-0.15, -0.1) is 9.46 Å². The number of hydrogen-bond donors (Lipinski definition) is 5. The van der Waals surface area contributed by atoms with Gasteiger partial charge >= 0.3 is 0 Å². The predicted octanol–water partition coefficient (Wildman–Crippen LogP) is 3.14. The van der Waals surface area contributed by atoms with Gasteiger partial charge in [-0.25, -0.2) is 0 Å². The molecule has 0 saturated heterocycles. The van der Waals surface area contributed by atoms with Crippen molar-refractivity contribution < 1.29 is 35.1 Å². The Hall–Kier alpha value is -5.56. The zero-order chi connectivity index (χ0) is 30.7. The molecule has 0 aliphatic heterocycles. The summed E-state index contributed by atoms with van der Waals surface area (Å²) in [6.45, 7) is 6.00. The molecule has 6 N–H and O–H groups in total. The molecule has 2 aromatic carbocycles. The summed E-state index contributed by atoms with van der Waals surface area (Å²) in [6.07, 6.45) is 0. The third kappa shape index (κ3) is 8.46. The average molecular weight is 567 g/mol. The molecular weight excluding hydrogens is 536 g/mol. The monoisotopic (exact) mass is 566 g/mol. The maximum absolute atomic E-state index is 11.3. The number of nitrogens with two attached hydrogens (primary N) is 1. The van der Waals surface area contributed by atoms with Crippen LogP contribution in [0.15, 0.2) is 87.5 Å². The number of Topliss-reactive ketones (excluding diaryl/α,β-unsaturated/α-hetero) is 1. The van der Waals surface area contributed by atoms with E-state index in [-0.39, 0.29) is 20.6 Å². The number of ketones is 1. The van der Waals surface area contributed by atoms with E-state index in [1.54, 1.807) is 50.2 Å². The number of aromatic nitrogens is 2. The van der Waals surface area contributed by atoms with E-state index in [0.717, 1.165) is 6.07 Å². The Kier molecular flexibility index (Phi) is 11.2. The molecule has 0 unspecified atom stereocenters. The van der Waals surface area contributed by atoms with E-state index < -0.39 is 28.7 Å². The fourth-order valence-corrected chi connectivity index (χ4v) is 3.44. The molecule has 0 atom stereocenters. The summed E-state index contributed by atoms with van der Waals surface area (Å²) in [4.78, 5) is 42.8. The number of carbonyl (C=O) groups excluding carboxylic acids is 1. The first-order chi connectivity index (χ1) is 19.4. The molecule has 4 aromatic rings. The minimum Gasteiger partial charge on any atom is -0.492 e. The maximum atomic E-state index is 11.3. The van der Waals surface area contributed by atoms with E-state index in [9.17, 15) is 29.8 Å². The smallest absolute Gasteiger partial charge is 0.286 e. The molecule has 0 aliphatic rings. The molecule has 0 bridgehead atoms. The topological polar surface area (TPSA) is 199 Å². The fraction of sp³-hybridized carbons (Fsp3) is 0.143. The van der Waals surface area contributed by atoms with Gasteiger partial charge in [0.1, 0.15) is 5.75 Å². The van der Waals surface area contributed by atoms with Crippen molar-refractivity contribution in [2.45, 2.75) is 27.7 Å². The molecule has 13 nitrogen and oxygen atoms in total. The van der Waals surface area contributed by atoms with Crippen LogP contribution in [0.25, 0.3) is 0 Å².